The zero-order chi connectivity index (χ0) is 45.0. The molecular weight excluding hydrogens is 826 g/mol. The van der Waals surface area contributed by atoms with Crippen molar-refractivity contribution in [3.05, 3.63) is 36.5 Å². The maximum Gasteiger partial charge on any atom is 0.472 e. The smallest absolute Gasteiger partial charge is 0.462 e. The lowest BCUT2D eigenvalue weighted by Crippen LogP contribution is -2.29. The van der Waals surface area contributed by atoms with Crippen LogP contribution in [-0.4, -0.2) is 82.6 Å². The SMILES string of the molecule is CCCCC/C=C\CC1OC1C/C=C\C/C=C\CCCC(=O)O[C@H](COC(=O)CCCCCCCCCCCCCCCC(C)C)COP(=O)(O)OC[C@@H](O)COP(=O)(O)O. The van der Waals surface area contributed by atoms with Crippen molar-refractivity contribution in [3.8, 4) is 0 Å². The van der Waals surface area contributed by atoms with Gasteiger partial charge in [0, 0.05) is 12.8 Å². The molecule has 1 rings (SSSR count). The summed E-state index contributed by atoms with van der Waals surface area (Å²) in [5, 5.41) is 9.76. The van der Waals surface area contributed by atoms with E-state index in [9.17, 15) is 28.7 Å². The van der Waals surface area contributed by atoms with Gasteiger partial charge in [-0.05, 0) is 57.3 Å². The van der Waals surface area contributed by atoms with Crippen LogP contribution in [-0.2, 0) is 46.5 Å². The Kier molecular flexibility index (Phi) is 34.4. The topological polar surface area (TPSA) is 208 Å². The van der Waals surface area contributed by atoms with Crippen molar-refractivity contribution in [2.45, 2.75) is 206 Å². The number of aliphatic hydroxyl groups excluding tert-OH is 1. The first-order valence-electron chi connectivity index (χ1n) is 23.2. The van der Waals surface area contributed by atoms with E-state index in [1.807, 2.05) is 12.2 Å². The molecule has 1 fully saturated rings. The zero-order valence-corrected chi connectivity index (χ0v) is 39.4. The van der Waals surface area contributed by atoms with Crippen LogP contribution in [0.3, 0.4) is 0 Å². The number of aliphatic hydroxyl groups is 1. The number of carbonyl (C=O) groups excluding carboxylic acids is 2. The van der Waals surface area contributed by atoms with Crippen molar-refractivity contribution in [2.75, 3.05) is 26.4 Å². The van der Waals surface area contributed by atoms with Crippen LogP contribution in [0.2, 0.25) is 0 Å². The summed E-state index contributed by atoms with van der Waals surface area (Å²) in [5.41, 5.74) is 0. The summed E-state index contributed by atoms with van der Waals surface area (Å²) in [4.78, 5) is 52.8. The van der Waals surface area contributed by atoms with Gasteiger partial charge in [0.05, 0.1) is 32.0 Å². The van der Waals surface area contributed by atoms with Gasteiger partial charge in [0.15, 0.2) is 6.10 Å². The first-order chi connectivity index (χ1) is 29.2. The molecule has 0 aromatic rings. The van der Waals surface area contributed by atoms with Crippen molar-refractivity contribution in [3.63, 3.8) is 0 Å². The molecule has 0 saturated carbocycles. The Morgan fingerprint density at radius 1 is 0.607 bits per heavy atom. The minimum absolute atomic E-state index is 0.0513. The van der Waals surface area contributed by atoms with Gasteiger partial charge in [0.2, 0.25) is 0 Å². The molecule has 14 nitrogen and oxygen atoms in total. The van der Waals surface area contributed by atoms with Crippen LogP contribution in [0.1, 0.15) is 181 Å². The second-order valence-corrected chi connectivity index (χ2v) is 19.2. The summed E-state index contributed by atoms with van der Waals surface area (Å²) in [6, 6.07) is 0. The van der Waals surface area contributed by atoms with Crippen molar-refractivity contribution >= 4 is 27.6 Å². The Morgan fingerprint density at radius 3 is 1.72 bits per heavy atom. The van der Waals surface area contributed by atoms with E-state index in [-0.39, 0.29) is 12.8 Å². The van der Waals surface area contributed by atoms with E-state index in [1.54, 1.807) is 0 Å². The quantitative estimate of drug-likeness (QED) is 0.0148. The number of ether oxygens (including phenoxy) is 3. The number of carbonyl (C=O) groups is 2. The lowest BCUT2D eigenvalue weighted by molar-refractivity contribution is -0.161. The van der Waals surface area contributed by atoms with Crippen LogP contribution in [0.5, 0.6) is 0 Å². The van der Waals surface area contributed by atoms with Gasteiger partial charge in [-0.2, -0.15) is 0 Å². The van der Waals surface area contributed by atoms with Gasteiger partial charge >= 0.3 is 27.6 Å². The van der Waals surface area contributed by atoms with Gasteiger partial charge in [0.25, 0.3) is 0 Å². The van der Waals surface area contributed by atoms with E-state index in [2.05, 4.69) is 54.1 Å². The molecule has 16 heteroatoms. The number of phosphoric acid groups is 2. The first-order valence-corrected chi connectivity index (χ1v) is 26.2. The van der Waals surface area contributed by atoms with Crippen LogP contribution in [0, 0.1) is 5.92 Å². The molecule has 1 saturated heterocycles. The molecule has 356 valence electrons. The van der Waals surface area contributed by atoms with Gasteiger partial charge in [-0.1, -0.05) is 154 Å². The molecule has 0 aromatic heterocycles. The summed E-state index contributed by atoms with van der Waals surface area (Å²) >= 11 is 0. The summed E-state index contributed by atoms with van der Waals surface area (Å²) in [6.45, 7) is 4.00. The maximum absolute atomic E-state index is 12.7. The second-order valence-electron chi connectivity index (χ2n) is 16.5. The van der Waals surface area contributed by atoms with Crippen molar-refractivity contribution < 1.29 is 66.3 Å². The zero-order valence-electron chi connectivity index (χ0n) is 37.6. The van der Waals surface area contributed by atoms with Crippen LogP contribution in [0.25, 0.3) is 0 Å². The number of esters is 2. The molecular formula is C45H82O14P2. The van der Waals surface area contributed by atoms with Gasteiger partial charge in [0.1, 0.15) is 12.7 Å². The van der Waals surface area contributed by atoms with E-state index < -0.39 is 66.2 Å². The minimum Gasteiger partial charge on any atom is -0.462 e. The molecule has 0 radical (unpaired) electrons. The molecule has 1 aliphatic heterocycles. The maximum atomic E-state index is 12.7. The Hall–Kier alpha value is -1.70. The van der Waals surface area contributed by atoms with E-state index >= 15 is 0 Å². The molecule has 0 aromatic carbocycles. The number of hydrogen-bond acceptors (Lipinski definition) is 11. The molecule has 1 heterocycles. The predicted octanol–water partition coefficient (Wildman–Crippen LogP) is 10.9. The summed E-state index contributed by atoms with van der Waals surface area (Å²) in [7, 11) is -9.70. The fraction of sp³-hybridized carbons (Fsp3) is 0.822. The monoisotopic (exact) mass is 909 g/mol. The number of hydrogen-bond donors (Lipinski definition) is 4. The molecule has 61 heavy (non-hydrogen) atoms. The van der Waals surface area contributed by atoms with E-state index in [0.29, 0.717) is 31.5 Å². The fourth-order valence-electron chi connectivity index (χ4n) is 6.45. The average molecular weight is 909 g/mol. The third-order valence-electron chi connectivity index (χ3n) is 10.1. The molecule has 0 spiro atoms. The largest absolute Gasteiger partial charge is 0.472 e. The Balaban J connectivity index is 2.37. The van der Waals surface area contributed by atoms with Crippen molar-refractivity contribution in [1.82, 2.24) is 0 Å². The molecule has 0 amide bonds. The molecule has 1 aliphatic rings. The second kappa shape index (κ2) is 36.6. The van der Waals surface area contributed by atoms with Crippen LogP contribution >= 0.6 is 15.6 Å². The number of phosphoric ester groups is 2. The molecule has 4 N–H and O–H groups in total. The highest BCUT2D eigenvalue weighted by atomic mass is 31.2. The average Bonchev–Trinajstić information content (AvgIpc) is 3.96. The summed E-state index contributed by atoms with van der Waals surface area (Å²) in [5.74, 6) is -0.297. The highest BCUT2D eigenvalue weighted by molar-refractivity contribution is 7.47. The van der Waals surface area contributed by atoms with E-state index in [0.717, 1.165) is 50.9 Å². The number of unbranched alkanes of at least 4 members (excludes halogenated alkanes) is 16. The van der Waals surface area contributed by atoms with Crippen molar-refractivity contribution in [1.29, 1.82) is 0 Å². The molecule has 0 bridgehead atoms. The van der Waals surface area contributed by atoms with Crippen molar-refractivity contribution in [2.24, 2.45) is 5.92 Å². The van der Waals surface area contributed by atoms with Gasteiger partial charge in [-0.3, -0.25) is 23.2 Å². The number of rotatable bonds is 42. The summed E-state index contributed by atoms with van der Waals surface area (Å²) in [6.07, 6.45) is 36.0. The van der Waals surface area contributed by atoms with Crippen LogP contribution in [0.15, 0.2) is 36.5 Å². The lowest BCUT2D eigenvalue weighted by Gasteiger charge is -2.20. The molecule has 5 atom stereocenters. The Morgan fingerprint density at radius 2 is 1.11 bits per heavy atom. The van der Waals surface area contributed by atoms with Crippen LogP contribution in [0.4, 0.5) is 0 Å². The minimum atomic E-state index is -4.87. The van der Waals surface area contributed by atoms with Crippen LogP contribution < -0.4 is 0 Å². The highest BCUT2D eigenvalue weighted by Crippen LogP contribution is 2.44. The lowest BCUT2D eigenvalue weighted by atomic mass is 10.0. The number of allylic oxidation sites excluding steroid dienone is 4. The van der Waals surface area contributed by atoms with E-state index in [4.69, 9.17) is 28.5 Å². The third kappa shape index (κ3) is 38.5. The van der Waals surface area contributed by atoms with E-state index in [1.165, 1.54) is 83.5 Å². The third-order valence-corrected chi connectivity index (χ3v) is 11.5. The molecule has 3 unspecified atom stereocenters. The van der Waals surface area contributed by atoms with Gasteiger partial charge in [-0.25, -0.2) is 9.13 Å². The standard InChI is InChI=1S/C45H82O14P2/c1-4-5-6-7-21-26-31-42-43(59-42)32-27-22-17-15-19-24-29-34-45(48)58-41(38-57-61(52,53)56-36-40(46)35-55-60(49,50)51)37-54-44(47)33-28-23-18-14-12-10-8-9-11-13-16-20-25-30-39(2)3/h15,19,21-22,26-27,39-43,46H,4-14,16-18,20,23-25,28-38H2,1-3H3,(H,52,53)(H2,49,50,51)/b19-15-,26-21-,27-22-/t40-,41+,42?,43?/m0/s1. The highest BCUT2D eigenvalue weighted by Gasteiger charge is 2.36. The normalized spacial score (nSPS) is 17.7. The Bertz CT molecular complexity index is 1300. The summed E-state index contributed by atoms with van der Waals surface area (Å²) < 4.78 is 53.5. The number of epoxide rings is 1. The van der Waals surface area contributed by atoms with Gasteiger partial charge in [-0.15, -0.1) is 0 Å². The Labute approximate surface area is 367 Å². The first kappa shape index (κ1) is 57.3. The molecule has 0 aliphatic carbocycles. The predicted molar refractivity (Wildman–Crippen MR) is 239 cm³/mol. The van der Waals surface area contributed by atoms with Gasteiger partial charge < -0.3 is 34.0 Å². The fourth-order valence-corrected chi connectivity index (χ4v) is 7.61.